The maximum absolute atomic E-state index is 6.57. The van der Waals surface area contributed by atoms with Crippen LogP contribution in [0, 0.1) is 0 Å². The molecule has 0 atom stereocenters. The summed E-state index contributed by atoms with van der Waals surface area (Å²) in [7, 11) is 0. The quantitative estimate of drug-likeness (QED) is 0.164. The molecule has 274 valence electrons. The van der Waals surface area contributed by atoms with E-state index in [1.165, 1.54) is 21.5 Å². The van der Waals surface area contributed by atoms with Gasteiger partial charge in [0.15, 0.2) is 5.82 Å². The topological polar surface area (TPSA) is 51.8 Å². The molecule has 0 saturated heterocycles. The molecule has 0 amide bonds. The molecule has 0 N–H and O–H groups in total. The number of para-hydroxylation sites is 2. The van der Waals surface area contributed by atoms with Gasteiger partial charge in [-0.15, -0.1) is 0 Å². The summed E-state index contributed by atoms with van der Waals surface area (Å²) in [6.45, 7) is 0. The molecule has 12 rings (SSSR count). The van der Waals surface area contributed by atoms with E-state index in [-0.39, 0.29) is 0 Å². The Kier molecular flexibility index (Phi) is 7.50. The highest BCUT2D eigenvalue weighted by molar-refractivity contribution is 6.24. The Hall–Kier alpha value is -7.95. The van der Waals surface area contributed by atoms with Crippen molar-refractivity contribution in [3.05, 3.63) is 200 Å². The van der Waals surface area contributed by atoms with E-state index in [0.717, 1.165) is 94.1 Å². The van der Waals surface area contributed by atoms with E-state index in [1.807, 2.05) is 18.2 Å². The van der Waals surface area contributed by atoms with Crippen LogP contribution in [0.1, 0.15) is 0 Å². The number of fused-ring (bicyclic) bond motifs is 9. The molecule has 0 unspecified atom stereocenters. The van der Waals surface area contributed by atoms with Crippen molar-refractivity contribution in [2.24, 2.45) is 0 Å². The van der Waals surface area contributed by atoms with Crippen molar-refractivity contribution in [2.45, 2.75) is 0 Å². The lowest BCUT2D eigenvalue weighted by Crippen LogP contribution is -1.96. The first-order chi connectivity index (χ1) is 29.2. The van der Waals surface area contributed by atoms with E-state index < -0.39 is 0 Å². The van der Waals surface area contributed by atoms with Crippen LogP contribution >= 0.6 is 0 Å². The molecule has 12 aromatic rings. The summed E-state index contributed by atoms with van der Waals surface area (Å²) in [5, 5.41) is 10.2. The van der Waals surface area contributed by atoms with Gasteiger partial charge in [-0.3, -0.25) is 0 Å². The number of hydrogen-bond donors (Lipinski definition) is 0. The molecule has 0 radical (unpaired) electrons. The van der Waals surface area contributed by atoms with E-state index in [4.69, 9.17) is 19.4 Å². The Morgan fingerprint density at radius 2 is 0.898 bits per heavy atom. The molecule has 4 nitrogen and oxygen atoms in total. The van der Waals surface area contributed by atoms with Gasteiger partial charge >= 0.3 is 0 Å². The van der Waals surface area contributed by atoms with Gasteiger partial charge in [0.25, 0.3) is 0 Å². The molecule has 0 fully saturated rings. The molecule has 9 aromatic carbocycles. The molecule has 0 aliphatic heterocycles. The van der Waals surface area contributed by atoms with Gasteiger partial charge in [0.05, 0.1) is 22.6 Å². The summed E-state index contributed by atoms with van der Waals surface area (Å²) >= 11 is 0. The van der Waals surface area contributed by atoms with Crippen LogP contribution in [0.25, 0.3) is 121 Å². The Morgan fingerprint density at radius 1 is 0.322 bits per heavy atom. The van der Waals surface area contributed by atoms with Gasteiger partial charge in [-0.05, 0) is 75.1 Å². The maximum Gasteiger partial charge on any atom is 0.160 e. The summed E-state index contributed by atoms with van der Waals surface area (Å²) in [5.74, 6) is 0.683. The molecule has 3 heterocycles. The molecule has 0 aliphatic carbocycles. The second-order valence-electron chi connectivity index (χ2n) is 15.2. The molecular formula is C55H33N3O. The van der Waals surface area contributed by atoms with Gasteiger partial charge in [-0.2, -0.15) is 0 Å². The number of nitrogens with zero attached hydrogens (tertiary/aromatic N) is 3. The minimum Gasteiger partial charge on any atom is -0.455 e. The van der Waals surface area contributed by atoms with Gasteiger partial charge in [-0.25, -0.2) is 15.0 Å². The zero-order chi connectivity index (χ0) is 38.9. The van der Waals surface area contributed by atoms with Crippen molar-refractivity contribution in [3.63, 3.8) is 0 Å². The van der Waals surface area contributed by atoms with Crippen LogP contribution in [0.15, 0.2) is 205 Å². The van der Waals surface area contributed by atoms with Crippen molar-refractivity contribution in [2.75, 3.05) is 0 Å². The maximum atomic E-state index is 6.57. The summed E-state index contributed by atoms with van der Waals surface area (Å²) in [5.41, 5.74) is 11.7. The van der Waals surface area contributed by atoms with E-state index >= 15 is 0 Å². The number of benzene rings is 9. The number of pyridine rings is 1. The van der Waals surface area contributed by atoms with E-state index in [1.54, 1.807) is 0 Å². The highest BCUT2D eigenvalue weighted by Crippen LogP contribution is 2.41. The Balaban J connectivity index is 0.957. The highest BCUT2D eigenvalue weighted by Gasteiger charge is 2.18. The number of furan rings is 1. The Bertz CT molecular complexity index is 3520. The predicted octanol–water partition coefficient (Wildman–Crippen LogP) is 14.7. The van der Waals surface area contributed by atoms with Crippen LogP contribution in [0.3, 0.4) is 0 Å². The molecule has 4 heteroatoms. The lowest BCUT2D eigenvalue weighted by molar-refractivity contribution is 0.673. The van der Waals surface area contributed by atoms with Gasteiger partial charge < -0.3 is 4.42 Å². The molecule has 3 aromatic heterocycles. The molecule has 0 bridgehead atoms. The van der Waals surface area contributed by atoms with Crippen molar-refractivity contribution >= 4 is 65.2 Å². The average Bonchev–Trinajstić information content (AvgIpc) is 3.70. The van der Waals surface area contributed by atoms with Crippen LogP contribution < -0.4 is 0 Å². The van der Waals surface area contributed by atoms with Crippen LogP contribution in [0.4, 0.5) is 0 Å². The average molecular weight is 752 g/mol. The summed E-state index contributed by atoms with van der Waals surface area (Å²) < 4.78 is 6.57. The second-order valence-corrected chi connectivity index (χ2v) is 15.2. The molecule has 0 aliphatic rings. The fraction of sp³-hybridized carbons (Fsp3) is 0. The third-order valence-electron chi connectivity index (χ3n) is 11.6. The van der Waals surface area contributed by atoms with Crippen molar-refractivity contribution in [1.82, 2.24) is 15.0 Å². The monoisotopic (exact) mass is 751 g/mol. The van der Waals surface area contributed by atoms with Crippen molar-refractivity contribution < 1.29 is 4.42 Å². The third kappa shape index (κ3) is 5.65. The smallest absolute Gasteiger partial charge is 0.160 e. The first-order valence-electron chi connectivity index (χ1n) is 19.9. The molecule has 0 saturated carbocycles. The van der Waals surface area contributed by atoms with Crippen molar-refractivity contribution in [3.8, 4) is 56.3 Å². The molecule has 0 spiro atoms. The predicted molar refractivity (Wildman–Crippen MR) is 244 cm³/mol. The first-order valence-corrected chi connectivity index (χ1v) is 19.9. The minimum absolute atomic E-state index is 0.683. The highest BCUT2D eigenvalue weighted by atomic mass is 16.3. The zero-order valence-electron chi connectivity index (χ0n) is 31.8. The van der Waals surface area contributed by atoms with Crippen LogP contribution in [0.2, 0.25) is 0 Å². The molecular weight excluding hydrogens is 719 g/mol. The van der Waals surface area contributed by atoms with E-state index in [2.05, 4.69) is 182 Å². The van der Waals surface area contributed by atoms with Gasteiger partial charge in [0.1, 0.15) is 11.2 Å². The summed E-state index contributed by atoms with van der Waals surface area (Å²) in [4.78, 5) is 15.6. The third-order valence-corrected chi connectivity index (χ3v) is 11.6. The summed E-state index contributed by atoms with van der Waals surface area (Å²) in [6.07, 6.45) is 0. The standard InChI is InChI=1S/C55H33N3O/c1-3-12-38-30-41(26-22-34(38)10-1)49-33-50(42-27-23-35-11-2-4-13-39(35)31-42)58-55(57-49)37-24-20-36(21-25-37)40-14-9-15-43(32-40)53-47-29-28-45-44-16-6-8-19-51(44)59-54(45)52(47)46-17-5-7-18-48(46)56-53/h1-33H. The largest absolute Gasteiger partial charge is 0.455 e. The van der Waals surface area contributed by atoms with Crippen LogP contribution in [-0.2, 0) is 0 Å². The molecule has 59 heavy (non-hydrogen) atoms. The van der Waals surface area contributed by atoms with Gasteiger partial charge in [0, 0.05) is 49.2 Å². The fourth-order valence-electron chi connectivity index (χ4n) is 8.66. The van der Waals surface area contributed by atoms with Gasteiger partial charge in [-0.1, -0.05) is 158 Å². The first kappa shape index (κ1) is 33.2. The second kappa shape index (κ2) is 13.3. The lowest BCUT2D eigenvalue weighted by Gasteiger charge is -2.12. The van der Waals surface area contributed by atoms with E-state index in [9.17, 15) is 0 Å². The number of hydrogen-bond acceptors (Lipinski definition) is 4. The minimum atomic E-state index is 0.683. The lowest BCUT2D eigenvalue weighted by atomic mass is 9.95. The number of aromatic nitrogens is 3. The Morgan fingerprint density at radius 3 is 1.63 bits per heavy atom. The van der Waals surface area contributed by atoms with Crippen LogP contribution in [-0.4, -0.2) is 15.0 Å². The zero-order valence-corrected chi connectivity index (χ0v) is 31.8. The SMILES string of the molecule is c1cc(-c2ccc(-c3nc(-c4ccc5ccccc5c4)cc(-c4ccc5ccccc5c4)n3)cc2)cc(-c2nc3ccccc3c3c2ccc2c4ccccc4oc23)c1. The van der Waals surface area contributed by atoms with Crippen LogP contribution in [0.5, 0.6) is 0 Å². The normalized spacial score (nSPS) is 11.7. The van der Waals surface area contributed by atoms with E-state index in [0.29, 0.717) is 5.82 Å². The summed E-state index contributed by atoms with van der Waals surface area (Å²) in [6, 6.07) is 70.3. The van der Waals surface area contributed by atoms with Crippen molar-refractivity contribution in [1.29, 1.82) is 0 Å². The fourth-order valence-corrected chi connectivity index (χ4v) is 8.66. The Labute approximate surface area is 339 Å². The number of rotatable bonds is 5. The van der Waals surface area contributed by atoms with Gasteiger partial charge in [0.2, 0.25) is 0 Å².